The zero-order valence-electron chi connectivity index (χ0n) is 10.7. The van der Waals surface area contributed by atoms with Crippen molar-refractivity contribution in [3.05, 3.63) is 42.1 Å². The third kappa shape index (κ3) is 2.00. The summed E-state index contributed by atoms with van der Waals surface area (Å²) in [5, 5.41) is 1.21. The molecule has 0 saturated carbocycles. The van der Waals surface area contributed by atoms with E-state index in [-0.39, 0.29) is 0 Å². The molecule has 2 N–H and O–H groups in total. The van der Waals surface area contributed by atoms with Crippen molar-refractivity contribution in [3.8, 4) is 0 Å². The molecule has 1 saturated heterocycles. The number of hydrogen-bond acceptors (Lipinski definition) is 3. The fourth-order valence-corrected chi connectivity index (χ4v) is 2.96. The molecule has 0 spiro atoms. The van der Waals surface area contributed by atoms with Gasteiger partial charge in [-0.1, -0.05) is 18.2 Å². The molecule has 94 valence electrons. The van der Waals surface area contributed by atoms with E-state index in [4.69, 9.17) is 5.73 Å². The maximum Gasteiger partial charge on any atom is 0.0705 e. The summed E-state index contributed by atoms with van der Waals surface area (Å²) in [4.78, 5) is 6.84. The summed E-state index contributed by atoms with van der Waals surface area (Å²) in [7, 11) is 2.18. The first-order valence-corrected chi connectivity index (χ1v) is 6.53. The molecule has 0 radical (unpaired) electrons. The summed E-state index contributed by atoms with van der Waals surface area (Å²) in [6.45, 7) is 1.88. The predicted molar refractivity (Wildman–Crippen MR) is 74.3 cm³/mol. The number of likely N-dealkylation sites (tertiary alicyclic amines) is 1. The van der Waals surface area contributed by atoms with Crippen LogP contribution in [0.25, 0.3) is 10.9 Å². The quantitative estimate of drug-likeness (QED) is 0.876. The maximum absolute atomic E-state index is 5.79. The molecule has 2 heterocycles. The number of hydrogen-bond donors (Lipinski definition) is 1. The highest BCUT2D eigenvalue weighted by Crippen LogP contribution is 2.34. The van der Waals surface area contributed by atoms with Crippen LogP contribution in [0.15, 0.2) is 36.5 Å². The van der Waals surface area contributed by atoms with E-state index >= 15 is 0 Å². The van der Waals surface area contributed by atoms with Gasteiger partial charge < -0.3 is 5.73 Å². The fourth-order valence-electron chi connectivity index (χ4n) is 2.96. The SMILES string of the molecule is CN1CC(CN)CC1c1ccc2cccnc2c1. The van der Waals surface area contributed by atoms with Crippen molar-refractivity contribution in [1.29, 1.82) is 0 Å². The van der Waals surface area contributed by atoms with Gasteiger partial charge >= 0.3 is 0 Å². The third-order valence-electron chi connectivity index (χ3n) is 3.98. The molecule has 0 amide bonds. The first-order chi connectivity index (χ1) is 8.78. The predicted octanol–water partition coefficient (Wildman–Crippen LogP) is 2.19. The molecule has 0 aliphatic carbocycles. The van der Waals surface area contributed by atoms with Crippen LogP contribution >= 0.6 is 0 Å². The van der Waals surface area contributed by atoms with Crippen LogP contribution in [0.2, 0.25) is 0 Å². The molecule has 0 bridgehead atoms. The monoisotopic (exact) mass is 241 g/mol. The van der Waals surface area contributed by atoms with Crippen LogP contribution in [-0.4, -0.2) is 30.0 Å². The molecular formula is C15H19N3. The molecule has 1 aromatic heterocycles. The molecule has 18 heavy (non-hydrogen) atoms. The van der Waals surface area contributed by atoms with Gasteiger partial charge in [0.15, 0.2) is 0 Å². The highest BCUT2D eigenvalue weighted by Gasteiger charge is 2.29. The van der Waals surface area contributed by atoms with Crippen molar-refractivity contribution in [2.45, 2.75) is 12.5 Å². The van der Waals surface area contributed by atoms with Crippen molar-refractivity contribution in [3.63, 3.8) is 0 Å². The van der Waals surface area contributed by atoms with Gasteiger partial charge in [-0.2, -0.15) is 0 Å². The van der Waals surface area contributed by atoms with E-state index < -0.39 is 0 Å². The minimum Gasteiger partial charge on any atom is -0.330 e. The second-order valence-corrected chi connectivity index (χ2v) is 5.25. The molecule has 3 nitrogen and oxygen atoms in total. The number of nitrogens with zero attached hydrogens (tertiary/aromatic N) is 2. The molecule has 3 heteroatoms. The Labute approximate surface area is 108 Å². The lowest BCUT2D eigenvalue weighted by Crippen LogP contribution is -2.20. The molecule has 2 aromatic rings. The summed E-state index contributed by atoms with van der Waals surface area (Å²) in [6, 6.07) is 11.2. The molecule has 2 unspecified atom stereocenters. The van der Waals surface area contributed by atoms with Gasteiger partial charge in [0.25, 0.3) is 0 Å². The average Bonchev–Trinajstić information content (AvgIpc) is 2.79. The van der Waals surface area contributed by atoms with E-state index in [1.807, 2.05) is 12.3 Å². The topological polar surface area (TPSA) is 42.1 Å². The number of fused-ring (bicyclic) bond motifs is 1. The Balaban J connectivity index is 1.94. The third-order valence-corrected chi connectivity index (χ3v) is 3.98. The van der Waals surface area contributed by atoms with E-state index in [2.05, 4.69) is 41.2 Å². The van der Waals surface area contributed by atoms with Crippen LogP contribution in [0.1, 0.15) is 18.0 Å². The lowest BCUT2D eigenvalue weighted by atomic mass is 9.99. The minimum absolute atomic E-state index is 0.491. The smallest absolute Gasteiger partial charge is 0.0705 e. The summed E-state index contributed by atoms with van der Waals surface area (Å²) >= 11 is 0. The van der Waals surface area contributed by atoms with Gasteiger partial charge in [-0.3, -0.25) is 9.88 Å². The van der Waals surface area contributed by atoms with Crippen LogP contribution in [-0.2, 0) is 0 Å². The van der Waals surface area contributed by atoms with Crippen LogP contribution < -0.4 is 5.73 Å². The fraction of sp³-hybridized carbons (Fsp3) is 0.400. The highest BCUT2D eigenvalue weighted by atomic mass is 15.2. The van der Waals surface area contributed by atoms with E-state index in [9.17, 15) is 0 Å². The molecule has 2 atom stereocenters. The lowest BCUT2D eigenvalue weighted by molar-refractivity contribution is 0.314. The van der Waals surface area contributed by atoms with Crippen LogP contribution in [0.5, 0.6) is 0 Å². The molecule has 1 fully saturated rings. The number of aromatic nitrogens is 1. The number of pyridine rings is 1. The largest absolute Gasteiger partial charge is 0.330 e. The van der Waals surface area contributed by atoms with E-state index in [1.54, 1.807) is 0 Å². The first-order valence-electron chi connectivity index (χ1n) is 6.53. The summed E-state index contributed by atoms with van der Waals surface area (Å²) in [5.41, 5.74) is 8.23. The average molecular weight is 241 g/mol. The Morgan fingerprint density at radius 1 is 1.39 bits per heavy atom. The maximum atomic E-state index is 5.79. The molecular weight excluding hydrogens is 222 g/mol. The molecule has 1 aliphatic rings. The Bertz CT molecular complexity index is 552. The molecule has 3 rings (SSSR count). The van der Waals surface area contributed by atoms with E-state index in [1.165, 1.54) is 10.9 Å². The highest BCUT2D eigenvalue weighted by molar-refractivity contribution is 5.79. The minimum atomic E-state index is 0.491. The van der Waals surface area contributed by atoms with Gasteiger partial charge in [0.05, 0.1) is 5.52 Å². The van der Waals surface area contributed by atoms with Crippen molar-refractivity contribution in [2.75, 3.05) is 20.1 Å². The number of nitrogens with two attached hydrogens (primary N) is 1. The van der Waals surface area contributed by atoms with Gasteiger partial charge in [-0.25, -0.2) is 0 Å². The second kappa shape index (κ2) is 4.67. The van der Waals surface area contributed by atoms with Gasteiger partial charge in [-0.05, 0) is 43.6 Å². The first kappa shape index (κ1) is 11.6. The van der Waals surface area contributed by atoms with Crippen molar-refractivity contribution in [2.24, 2.45) is 11.7 Å². The number of benzene rings is 1. The van der Waals surface area contributed by atoms with Gasteiger partial charge in [-0.15, -0.1) is 0 Å². The Kier molecular flexibility index (Phi) is 3.02. The van der Waals surface area contributed by atoms with Gasteiger partial charge in [0.2, 0.25) is 0 Å². The number of rotatable bonds is 2. The van der Waals surface area contributed by atoms with E-state index in [0.717, 1.165) is 25.0 Å². The van der Waals surface area contributed by atoms with E-state index in [0.29, 0.717) is 12.0 Å². The normalized spacial score (nSPS) is 24.8. The Hall–Kier alpha value is -1.45. The molecule has 1 aliphatic heterocycles. The van der Waals surface area contributed by atoms with Crippen LogP contribution in [0, 0.1) is 5.92 Å². The standard InChI is InChI=1S/C15H19N3/c1-18-10-11(9-16)7-15(18)13-5-4-12-3-2-6-17-14(12)8-13/h2-6,8,11,15H,7,9-10,16H2,1H3. The van der Waals surface area contributed by atoms with Crippen LogP contribution in [0.3, 0.4) is 0 Å². The summed E-state index contributed by atoms with van der Waals surface area (Å²) < 4.78 is 0. The zero-order chi connectivity index (χ0) is 12.5. The van der Waals surface area contributed by atoms with Gasteiger partial charge in [0.1, 0.15) is 0 Å². The van der Waals surface area contributed by atoms with Crippen LogP contribution in [0.4, 0.5) is 0 Å². The summed E-state index contributed by atoms with van der Waals surface area (Å²) in [5.74, 6) is 0.624. The zero-order valence-corrected chi connectivity index (χ0v) is 10.7. The van der Waals surface area contributed by atoms with Crippen molar-refractivity contribution < 1.29 is 0 Å². The lowest BCUT2D eigenvalue weighted by Gasteiger charge is -2.19. The van der Waals surface area contributed by atoms with Gasteiger partial charge in [0, 0.05) is 24.2 Å². The Morgan fingerprint density at radius 2 is 2.28 bits per heavy atom. The second-order valence-electron chi connectivity index (χ2n) is 5.25. The Morgan fingerprint density at radius 3 is 3.06 bits per heavy atom. The molecule has 1 aromatic carbocycles. The van der Waals surface area contributed by atoms with Crippen molar-refractivity contribution in [1.82, 2.24) is 9.88 Å². The van der Waals surface area contributed by atoms with Crippen molar-refractivity contribution >= 4 is 10.9 Å². The summed E-state index contributed by atoms with van der Waals surface area (Å²) in [6.07, 6.45) is 3.01.